The number of rotatable bonds is 5. The van der Waals surface area contributed by atoms with E-state index >= 15 is 0 Å². The van der Waals surface area contributed by atoms with E-state index in [0.29, 0.717) is 11.9 Å². The van der Waals surface area contributed by atoms with E-state index in [0.717, 1.165) is 71.7 Å². The fourth-order valence-electron chi connectivity index (χ4n) is 5.91. The number of piperazine rings is 1. The summed E-state index contributed by atoms with van der Waals surface area (Å²) < 4.78 is 0. The number of likely N-dealkylation sites (tertiary alicyclic amines) is 2. The van der Waals surface area contributed by atoms with Crippen molar-refractivity contribution in [2.45, 2.75) is 38.3 Å². The van der Waals surface area contributed by atoms with Crippen molar-refractivity contribution >= 4 is 23.5 Å². The molecule has 0 aliphatic carbocycles. The van der Waals surface area contributed by atoms with Crippen molar-refractivity contribution < 1.29 is 24.6 Å². The number of nitrogens with zero attached hydrogens (tertiary/aromatic N) is 4. The third-order valence-corrected chi connectivity index (χ3v) is 8.02. The molecule has 3 aliphatic rings. The number of hydrogen-bond donors (Lipinski definition) is 2. The number of anilines is 1. The summed E-state index contributed by atoms with van der Waals surface area (Å²) in [5, 5.41) is 14.8. The predicted molar refractivity (Wildman–Crippen MR) is 150 cm³/mol. The molecule has 0 spiro atoms. The van der Waals surface area contributed by atoms with Crippen molar-refractivity contribution in [3.05, 3.63) is 66.2 Å². The van der Waals surface area contributed by atoms with Crippen molar-refractivity contribution in [2.24, 2.45) is 5.92 Å². The maximum Gasteiger partial charge on any atom is 0.414 e. The molecule has 1 amide bonds. The molecule has 2 N–H and O–H groups in total. The lowest BCUT2D eigenvalue weighted by molar-refractivity contribution is -0.159. The second-order valence-corrected chi connectivity index (χ2v) is 10.6. The topological polar surface area (TPSA) is 105 Å². The van der Waals surface area contributed by atoms with Gasteiger partial charge < -0.3 is 20.0 Å². The largest absolute Gasteiger partial charge is 0.473 e. The molecule has 0 radical (unpaired) electrons. The van der Waals surface area contributed by atoms with Gasteiger partial charge in [0.2, 0.25) is 5.91 Å². The normalized spacial score (nSPS) is 21.1. The van der Waals surface area contributed by atoms with Crippen LogP contribution in [0.2, 0.25) is 0 Å². The standard InChI is InChI=1S/C28H38N4O.C2H2O4/c33-28(31-20-18-30(19-21-31)26-11-5-2-6-12-26)25-10-7-15-32(23-25)27-13-16-29(17-14-27)22-24-8-3-1-4-9-24;3-1(4)2(5)6/h1-6,8-9,11-12,25,27H,7,10,13-23H2;(H,3,4)(H,5,6). The molecule has 1 atom stereocenters. The summed E-state index contributed by atoms with van der Waals surface area (Å²) in [6.45, 7) is 9.08. The fraction of sp³-hybridized carbons (Fsp3) is 0.500. The first-order chi connectivity index (χ1) is 18.9. The van der Waals surface area contributed by atoms with Gasteiger partial charge in [-0.15, -0.1) is 0 Å². The molecule has 3 saturated heterocycles. The number of carbonyl (C=O) groups excluding carboxylic acids is 1. The highest BCUT2D eigenvalue weighted by Crippen LogP contribution is 2.26. The number of hydrogen-bond acceptors (Lipinski definition) is 6. The van der Waals surface area contributed by atoms with Gasteiger partial charge in [0.15, 0.2) is 0 Å². The molecule has 9 nitrogen and oxygen atoms in total. The first-order valence-corrected chi connectivity index (χ1v) is 14.0. The number of para-hydroxylation sites is 1. The Bertz CT molecular complexity index is 1060. The summed E-state index contributed by atoms with van der Waals surface area (Å²) >= 11 is 0. The van der Waals surface area contributed by atoms with E-state index in [4.69, 9.17) is 19.8 Å². The number of benzene rings is 2. The van der Waals surface area contributed by atoms with Crippen LogP contribution in [0.5, 0.6) is 0 Å². The Labute approximate surface area is 230 Å². The number of carboxylic acids is 2. The number of amides is 1. The zero-order valence-electron chi connectivity index (χ0n) is 22.5. The van der Waals surface area contributed by atoms with Gasteiger partial charge >= 0.3 is 11.9 Å². The summed E-state index contributed by atoms with van der Waals surface area (Å²) in [5.41, 5.74) is 2.68. The SMILES string of the molecule is O=C(C1CCCN(C2CCN(Cc3ccccc3)CC2)C1)N1CCN(c2ccccc2)CC1.O=C(O)C(=O)O. The molecule has 210 valence electrons. The monoisotopic (exact) mass is 536 g/mol. The minimum atomic E-state index is -1.82. The lowest BCUT2D eigenvalue weighted by atomic mass is 9.92. The number of carbonyl (C=O) groups is 3. The van der Waals surface area contributed by atoms with Crippen molar-refractivity contribution in [1.29, 1.82) is 0 Å². The molecular weight excluding hydrogens is 496 g/mol. The van der Waals surface area contributed by atoms with Crippen molar-refractivity contribution in [2.75, 3.05) is 57.3 Å². The highest BCUT2D eigenvalue weighted by Gasteiger charge is 2.34. The van der Waals surface area contributed by atoms with Gasteiger partial charge in [0.25, 0.3) is 0 Å². The maximum absolute atomic E-state index is 13.4. The van der Waals surface area contributed by atoms with Gasteiger partial charge in [-0.1, -0.05) is 48.5 Å². The molecule has 39 heavy (non-hydrogen) atoms. The van der Waals surface area contributed by atoms with Crippen LogP contribution in [0.25, 0.3) is 0 Å². The highest BCUT2D eigenvalue weighted by molar-refractivity contribution is 6.27. The number of carboxylic acid groups (broad SMARTS) is 2. The Kier molecular flexibility index (Phi) is 10.3. The molecule has 3 aliphatic heterocycles. The van der Waals surface area contributed by atoms with Gasteiger partial charge in [0.05, 0.1) is 5.92 Å². The van der Waals surface area contributed by atoms with Gasteiger partial charge in [-0.05, 0) is 63.0 Å². The average Bonchev–Trinajstić information content (AvgIpc) is 2.98. The van der Waals surface area contributed by atoms with Crippen LogP contribution in [0.4, 0.5) is 5.69 Å². The second kappa shape index (κ2) is 14.1. The third kappa shape index (κ3) is 8.28. The molecule has 2 aromatic carbocycles. The van der Waals surface area contributed by atoms with E-state index in [1.54, 1.807) is 0 Å². The zero-order valence-corrected chi connectivity index (χ0v) is 22.5. The van der Waals surface area contributed by atoms with E-state index in [9.17, 15) is 4.79 Å². The van der Waals surface area contributed by atoms with Crippen LogP contribution in [0.15, 0.2) is 60.7 Å². The fourth-order valence-corrected chi connectivity index (χ4v) is 5.91. The van der Waals surface area contributed by atoms with Gasteiger partial charge in [-0.2, -0.15) is 0 Å². The molecule has 2 aromatic rings. The predicted octanol–water partition coefficient (Wildman–Crippen LogP) is 2.87. The minimum Gasteiger partial charge on any atom is -0.473 e. The van der Waals surface area contributed by atoms with E-state index < -0.39 is 11.9 Å². The van der Waals surface area contributed by atoms with Crippen molar-refractivity contribution in [1.82, 2.24) is 14.7 Å². The minimum absolute atomic E-state index is 0.185. The van der Waals surface area contributed by atoms with E-state index in [1.165, 1.54) is 24.1 Å². The van der Waals surface area contributed by atoms with Gasteiger partial charge in [-0.25, -0.2) is 9.59 Å². The van der Waals surface area contributed by atoms with E-state index in [-0.39, 0.29) is 5.92 Å². The Morgan fingerprint density at radius 3 is 1.90 bits per heavy atom. The molecule has 3 heterocycles. The average molecular weight is 537 g/mol. The Morgan fingerprint density at radius 2 is 1.31 bits per heavy atom. The summed E-state index contributed by atoms with van der Waals surface area (Å²) in [7, 11) is 0. The molecule has 0 aromatic heterocycles. The highest BCUT2D eigenvalue weighted by atomic mass is 16.4. The molecule has 1 unspecified atom stereocenters. The summed E-state index contributed by atoms with van der Waals surface area (Å²) in [6, 6.07) is 22.0. The zero-order chi connectivity index (χ0) is 27.6. The summed E-state index contributed by atoms with van der Waals surface area (Å²) in [5.74, 6) is -3.07. The first kappa shape index (κ1) is 28.6. The Hall–Kier alpha value is -3.43. The Morgan fingerprint density at radius 1 is 0.718 bits per heavy atom. The van der Waals surface area contributed by atoms with Crippen LogP contribution >= 0.6 is 0 Å². The molecule has 5 rings (SSSR count). The van der Waals surface area contributed by atoms with Crippen LogP contribution in [0.1, 0.15) is 31.2 Å². The third-order valence-electron chi connectivity index (χ3n) is 8.02. The molecule has 0 bridgehead atoms. The van der Waals surface area contributed by atoms with Gasteiger partial charge in [0.1, 0.15) is 0 Å². The van der Waals surface area contributed by atoms with E-state index in [1.807, 2.05) is 0 Å². The van der Waals surface area contributed by atoms with Gasteiger partial charge in [-0.3, -0.25) is 14.6 Å². The number of piperidine rings is 2. The quantitative estimate of drug-likeness (QED) is 0.563. The van der Waals surface area contributed by atoms with Gasteiger partial charge in [0, 0.05) is 51.0 Å². The number of aliphatic carboxylic acids is 2. The van der Waals surface area contributed by atoms with Crippen LogP contribution < -0.4 is 4.90 Å². The van der Waals surface area contributed by atoms with Crippen LogP contribution in [-0.4, -0.2) is 101 Å². The summed E-state index contributed by atoms with van der Waals surface area (Å²) in [4.78, 5) is 41.3. The lowest BCUT2D eigenvalue weighted by Crippen LogP contribution is -2.54. The molecular formula is C30H40N4O5. The lowest BCUT2D eigenvalue weighted by Gasteiger charge is -2.43. The summed E-state index contributed by atoms with van der Waals surface area (Å²) in [6.07, 6.45) is 4.67. The molecule has 9 heteroatoms. The maximum atomic E-state index is 13.4. The second-order valence-electron chi connectivity index (χ2n) is 10.6. The Balaban J connectivity index is 0.000000531. The van der Waals surface area contributed by atoms with E-state index in [2.05, 4.69) is 80.3 Å². The van der Waals surface area contributed by atoms with Crippen LogP contribution in [0.3, 0.4) is 0 Å². The van der Waals surface area contributed by atoms with Crippen molar-refractivity contribution in [3.63, 3.8) is 0 Å². The molecule has 0 saturated carbocycles. The molecule has 3 fully saturated rings. The van der Waals surface area contributed by atoms with Crippen LogP contribution in [0, 0.1) is 5.92 Å². The van der Waals surface area contributed by atoms with Crippen molar-refractivity contribution in [3.8, 4) is 0 Å². The smallest absolute Gasteiger partial charge is 0.414 e. The first-order valence-electron chi connectivity index (χ1n) is 14.0. The van der Waals surface area contributed by atoms with Crippen LogP contribution in [-0.2, 0) is 20.9 Å².